The lowest BCUT2D eigenvalue weighted by Gasteiger charge is -2.25. The molecule has 0 bridgehead atoms. The Morgan fingerprint density at radius 3 is 2.00 bits per heavy atom. The first-order valence-corrected chi connectivity index (χ1v) is 10.3. The molecule has 1 amide bonds. The molecule has 27 heavy (non-hydrogen) atoms. The molecule has 1 saturated carbocycles. The highest BCUT2D eigenvalue weighted by molar-refractivity contribution is 5.82. The molecule has 2 aromatic carbocycles. The van der Waals surface area contributed by atoms with Gasteiger partial charge in [0, 0.05) is 23.1 Å². The zero-order valence-corrected chi connectivity index (χ0v) is 17.0. The van der Waals surface area contributed by atoms with E-state index in [1.165, 1.54) is 11.1 Å². The van der Waals surface area contributed by atoms with Crippen LogP contribution in [0.1, 0.15) is 75.2 Å². The Morgan fingerprint density at radius 2 is 1.48 bits per heavy atom. The van der Waals surface area contributed by atoms with Gasteiger partial charge in [-0.2, -0.15) is 0 Å². The van der Waals surface area contributed by atoms with Crippen molar-refractivity contribution in [2.24, 2.45) is 5.92 Å². The van der Waals surface area contributed by atoms with Gasteiger partial charge < -0.3 is 10.6 Å². The normalized spacial score (nSPS) is 16.4. The lowest BCUT2D eigenvalue weighted by atomic mass is 9.92. The van der Waals surface area contributed by atoms with Gasteiger partial charge in [-0.3, -0.25) is 4.79 Å². The topological polar surface area (TPSA) is 45.7 Å². The van der Waals surface area contributed by atoms with Gasteiger partial charge in [0.2, 0.25) is 0 Å². The van der Waals surface area contributed by atoms with Crippen LogP contribution in [0.3, 0.4) is 0 Å². The molecule has 3 heteroatoms. The summed E-state index contributed by atoms with van der Waals surface area (Å²) in [6, 6.07) is 19.5. The molecular weight excluding hydrogens is 332 g/mol. The standard InChI is InChI=1S/C24H32N2O/c1-16(2)18-10-12-20(13-11-18)22(17(3)4)26-23(19-8-6-5-7-9-19)24(27)25-21-14-15-21/h5-13,16-17,21-23,26H,14-15H2,1-4H3,(H,25,27)/p+1/t22-,23-/m1/s1. The number of carbonyl (C=O) groups is 1. The Morgan fingerprint density at radius 1 is 0.889 bits per heavy atom. The highest BCUT2D eigenvalue weighted by Crippen LogP contribution is 2.24. The van der Waals surface area contributed by atoms with Crippen LogP contribution in [0.15, 0.2) is 54.6 Å². The van der Waals surface area contributed by atoms with Gasteiger partial charge in [-0.1, -0.05) is 82.3 Å². The average Bonchev–Trinajstić information content (AvgIpc) is 3.47. The fraction of sp³-hybridized carbons (Fsp3) is 0.458. The minimum atomic E-state index is -0.219. The molecule has 0 aliphatic heterocycles. The van der Waals surface area contributed by atoms with E-state index in [0.29, 0.717) is 17.9 Å². The third kappa shape index (κ3) is 5.20. The number of hydrogen-bond donors (Lipinski definition) is 2. The summed E-state index contributed by atoms with van der Waals surface area (Å²) in [5, 5.41) is 5.45. The third-order valence-corrected chi connectivity index (χ3v) is 5.47. The van der Waals surface area contributed by atoms with Gasteiger partial charge >= 0.3 is 0 Å². The quantitative estimate of drug-likeness (QED) is 0.727. The summed E-state index contributed by atoms with van der Waals surface area (Å²) in [6.45, 7) is 8.90. The lowest BCUT2D eigenvalue weighted by Crippen LogP contribution is -2.89. The predicted octanol–water partition coefficient (Wildman–Crippen LogP) is 4.09. The molecule has 0 unspecified atom stereocenters. The van der Waals surface area contributed by atoms with Crippen molar-refractivity contribution in [1.82, 2.24) is 5.32 Å². The first-order valence-electron chi connectivity index (χ1n) is 10.3. The number of nitrogens with two attached hydrogens (primary N) is 1. The third-order valence-electron chi connectivity index (χ3n) is 5.47. The molecule has 1 fully saturated rings. The highest BCUT2D eigenvalue weighted by atomic mass is 16.2. The predicted molar refractivity (Wildman–Crippen MR) is 110 cm³/mol. The maximum Gasteiger partial charge on any atom is 0.283 e. The number of quaternary nitrogens is 1. The van der Waals surface area contributed by atoms with Crippen LogP contribution in [0.25, 0.3) is 0 Å². The van der Waals surface area contributed by atoms with E-state index in [0.717, 1.165) is 18.4 Å². The van der Waals surface area contributed by atoms with Crippen molar-refractivity contribution in [2.45, 2.75) is 64.6 Å². The zero-order chi connectivity index (χ0) is 19.4. The van der Waals surface area contributed by atoms with Gasteiger partial charge in [0.25, 0.3) is 5.91 Å². The van der Waals surface area contributed by atoms with Crippen molar-refractivity contribution in [3.63, 3.8) is 0 Å². The number of carbonyl (C=O) groups excluding carboxylic acids is 1. The van der Waals surface area contributed by atoms with E-state index in [4.69, 9.17) is 0 Å². The second kappa shape index (κ2) is 8.71. The second-order valence-electron chi connectivity index (χ2n) is 8.45. The average molecular weight is 366 g/mol. The van der Waals surface area contributed by atoms with E-state index in [2.05, 4.69) is 74.7 Å². The summed E-state index contributed by atoms with van der Waals surface area (Å²) < 4.78 is 0. The molecule has 2 aromatic rings. The molecule has 0 radical (unpaired) electrons. The van der Waals surface area contributed by atoms with Gasteiger partial charge in [-0.15, -0.1) is 0 Å². The van der Waals surface area contributed by atoms with Gasteiger partial charge in [0.15, 0.2) is 6.04 Å². The smallest absolute Gasteiger partial charge is 0.283 e. The van der Waals surface area contributed by atoms with Crippen LogP contribution in [0.2, 0.25) is 0 Å². The Labute approximate surface area is 163 Å². The molecule has 1 aliphatic rings. The zero-order valence-electron chi connectivity index (χ0n) is 17.0. The van der Waals surface area contributed by atoms with Gasteiger partial charge in [-0.25, -0.2) is 0 Å². The summed E-state index contributed by atoms with van der Waals surface area (Å²) in [5.74, 6) is 1.09. The van der Waals surface area contributed by atoms with Crippen molar-refractivity contribution in [1.29, 1.82) is 0 Å². The molecule has 3 nitrogen and oxygen atoms in total. The van der Waals surface area contributed by atoms with Crippen molar-refractivity contribution in [3.05, 3.63) is 71.3 Å². The van der Waals surface area contributed by atoms with E-state index >= 15 is 0 Å². The fourth-order valence-electron chi connectivity index (χ4n) is 3.56. The molecule has 3 rings (SSSR count). The van der Waals surface area contributed by atoms with Crippen molar-refractivity contribution >= 4 is 5.91 Å². The van der Waals surface area contributed by atoms with Crippen LogP contribution < -0.4 is 10.6 Å². The van der Waals surface area contributed by atoms with Crippen LogP contribution in [0, 0.1) is 5.92 Å². The molecule has 144 valence electrons. The first-order chi connectivity index (χ1) is 13.0. The number of nitrogens with one attached hydrogen (secondary N) is 1. The van der Waals surface area contributed by atoms with Crippen molar-refractivity contribution in [2.75, 3.05) is 0 Å². The number of amides is 1. The van der Waals surface area contributed by atoms with Crippen molar-refractivity contribution in [3.8, 4) is 0 Å². The second-order valence-corrected chi connectivity index (χ2v) is 8.45. The minimum Gasteiger partial charge on any atom is -0.348 e. The first kappa shape index (κ1) is 19.6. The molecule has 0 saturated heterocycles. The summed E-state index contributed by atoms with van der Waals surface area (Å²) >= 11 is 0. The van der Waals surface area contributed by atoms with Crippen LogP contribution in [-0.2, 0) is 4.79 Å². The largest absolute Gasteiger partial charge is 0.348 e. The van der Waals surface area contributed by atoms with Crippen LogP contribution >= 0.6 is 0 Å². The summed E-state index contributed by atoms with van der Waals surface area (Å²) in [6.07, 6.45) is 2.22. The Bertz CT molecular complexity index is 733. The van der Waals surface area contributed by atoms with E-state index in [9.17, 15) is 4.79 Å². The Kier molecular flexibility index (Phi) is 6.33. The molecule has 3 N–H and O–H groups in total. The maximum atomic E-state index is 13.0. The van der Waals surface area contributed by atoms with E-state index in [1.807, 2.05) is 18.2 Å². The van der Waals surface area contributed by atoms with Gasteiger partial charge in [0.1, 0.15) is 6.04 Å². The molecular formula is C24H33N2O+. The van der Waals surface area contributed by atoms with Gasteiger partial charge in [-0.05, 0) is 24.3 Å². The number of benzene rings is 2. The van der Waals surface area contributed by atoms with E-state index < -0.39 is 0 Å². The van der Waals surface area contributed by atoms with E-state index in [1.54, 1.807) is 0 Å². The minimum absolute atomic E-state index is 0.133. The van der Waals surface area contributed by atoms with Gasteiger partial charge in [0.05, 0.1) is 0 Å². The monoisotopic (exact) mass is 365 g/mol. The van der Waals surface area contributed by atoms with Crippen LogP contribution in [0.4, 0.5) is 0 Å². The number of hydrogen-bond acceptors (Lipinski definition) is 1. The number of rotatable bonds is 8. The summed E-state index contributed by atoms with van der Waals surface area (Å²) in [5.41, 5.74) is 3.71. The fourth-order valence-corrected chi connectivity index (χ4v) is 3.56. The molecule has 0 aromatic heterocycles. The molecule has 2 atom stereocenters. The Balaban J connectivity index is 1.84. The van der Waals surface area contributed by atoms with Crippen LogP contribution in [0.5, 0.6) is 0 Å². The highest BCUT2D eigenvalue weighted by Gasteiger charge is 2.33. The summed E-state index contributed by atoms with van der Waals surface area (Å²) in [4.78, 5) is 13.0. The lowest BCUT2D eigenvalue weighted by molar-refractivity contribution is -0.728. The van der Waals surface area contributed by atoms with Crippen LogP contribution in [-0.4, -0.2) is 11.9 Å². The SMILES string of the molecule is CC(C)c1ccc([C@H]([NH2+][C@@H](C(=O)NC2CC2)c2ccccc2)C(C)C)cc1. The molecule has 1 aliphatic carbocycles. The maximum absolute atomic E-state index is 13.0. The Hall–Kier alpha value is -2.13. The van der Waals surface area contributed by atoms with Crippen molar-refractivity contribution < 1.29 is 10.1 Å². The van der Waals surface area contributed by atoms with E-state index in [-0.39, 0.29) is 18.0 Å². The molecule has 0 heterocycles. The molecule has 0 spiro atoms. The summed E-state index contributed by atoms with van der Waals surface area (Å²) in [7, 11) is 0.